The van der Waals surface area contributed by atoms with Gasteiger partial charge in [-0.05, 0) is 61.0 Å². The Kier molecular flexibility index (Phi) is 7.50. The first kappa shape index (κ1) is 22.9. The molecule has 0 saturated carbocycles. The van der Waals surface area contributed by atoms with Gasteiger partial charge in [0.05, 0.1) is 17.7 Å². The average molecular weight is 442 g/mol. The summed E-state index contributed by atoms with van der Waals surface area (Å²) in [6.45, 7) is 2.26. The topological polar surface area (TPSA) is 35.5 Å². The SMILES string of the molecule is CCCCOc1ccc(C#Cc2ccc(OC(=O)c3ccc(F)c(F)c3)cc2)c(F)c1F. The third-order valence-electron chi connectivity index (χ3n) is 4.36. The molecule has 0 aromatic heterocycles. The highest BCUT2D eigenvalue weighted by Crippen LogP contribution is 2.23. The molecule has 3 aromatic rings. The van der Waals surface area contributed by atoms with Crippen molar-refractivity contribution in [1.29, 1.82) is 0 Å². The van der Waals surface area contributed by atoms with Crippen molar-refractivity contribution in [3.05, 3.63) is 94.6 Å². The van der Waals surface area contributed by atoms with E-state index in [-0.39, 0.29) is 22.6 Å². The van der Waals surface area contributed by atoms with Crippen molar-refractivity contribution in [3.8, 4) is 23.3 Å². The molecule has 0 aliphatic carbocycles. The lowest BCUT2D eigenvalue weighted by atomic mass is 10.1. The van der Waals surface area contributed by atoms with Crippen LogP contribution in [0.1, 0.15) is 41.3 Å². The van der Waals surface area contributed by atoms with Crippen molar-refractivity contribution in [3.63, 3.8) is 0 Å². The fraction of sp³-hybridized carbons (Fsp3) is 0.160. The minimum absolute atomic E-state index is 0.126. The van der Waals surface area contributed by atoms with Crippen LogP contribution in [0.2, 0.25) is 0 Å². The van der Waals surface area contributed by atoms with E-state index in [4.69, 9.17) is 9.47 Å². The summed E-state index contributed by atoms with van der Waals surface area (Å²) in [5.41, 5.74) is 0.187. The molecule has 3 nitrogen and oxygen atoms in total. The van der Waals surface area contributed by atoms with E-state index in [2.05, 4.69) is 11.8 Å². The van der Waals surface area contributed by atoms with Crippen molar-refractivity contribution in [1.82, 2.24) is 0 Å². The highest BCUT2D eigenvalue weighted by atomic mass is 19.2. The number of rotatable bonds is 6. The Bertz CT molecular complexity index is 1180. The van der Waals surface area contributed by atoms with E-state index in [0.717, 1.165) is 31.0 Å². The minimum Gasteiger partial charge on any atom is -0.490 e. The molecule has 0 unspecified atom stereocenters. The first-order chi connectivity index (χ1) is 15.4. The van der Waals surface area contributed by atoms with E-state index >= 15 is 0 Å². The highest BCUT2D eigenvalue weighted by Gasteiger charge is 2.14. The molecule has 0 N–H and O–H groups in total. The first-order valence-corrected chi connectivity index (χ1v) is 9.79. The van der Waals surface area contributed by atoms with Gasteiger partial charge in [0, 0.05) is 5.56 Å². The molecule has 0 atom stereocenters. The molecular formula is C25H18F4O3. The molecule has 0 heterocycles. The number of ether oxygens (including phenoxy) is 2. The number of carbonyl (C=O) groups is 1. The summed E-state index contributed by atoms with van der Waals surface area (Å²) in [7, 11) is 0. The Hall–Kier alpha value is -3.79. The van der Waals surface area contributed by atoms with Crippen LogP contribution in [0.3, 0.4) is 0 Å². The zero-order chi connectivity index (χ0) is 23.1. The smallest absolute Gasteiger partial charge is 0.343 e. The number of hydrogen-bond donors (Lipinski definition) is 0. The predicted octanol–water partition coefficient (Wildman–Crippen LogP) is 6.04. The molecule has 0 spiro atoms. The average Bonchev–Trinajstić information content (AvgIpc) is 2.79. The quantitative estimate of drug-likeness (QED) is 0.154. The Morgan fingerprint density at radius 2 is 1.62 bits per heavy atom. The number of esters is 1. The second-order valence-electron chi connectivity index (χ2n) is 6.73. The summed E-state index contributed by atoms with van der Waals surface area (Å²) in [5, 5.41) is 0. The molecule has 3 aromatic carbocycles. The monoisotopic (exact) mass is 442 g/mol. The van der Waals surface area contributed by atoms with Crippen molar-refractivity contribution in [2.45, 2.75) is 19.8 Å². The summed E-state index contributed by atoms with van der Waals surface area (Å²) in [5.74, 6) is -0.0273. The van der Waals surface area contributed by atoms with Crippen molar-refractivity contribution in [2.24, 2.45) is 0 Å². The fourth-order valence-electron chi connectivity index (χ4n) is 2.60. The molecule has 0 aliphatic rings. The van der Waals surface area contributed by atoms with E-state index in [1.165, 1.54) is 36.4 Å². The molecule has 7 heteroatoms. The van der Waals surface area contributed by atoms with Crippen molar-refractivity contribution < 1.29 is 31.8 Å². The van der Waals surface area contributed by atoms with Gasteiger partial charge < -0.3 is 9.47 Å². The van der Waals surface area contributed by atoms with Crippen LogP contribution in [0.15, 0.2) is 54.6 Å². The summed E-state index contributed by atoms with van der Waals surface area (Å²) >= 11 is 0. The predicted molar refractivity (Wildman–Crippen MR) is 110 cm³/mol. The number of unbranched alkanes of at least 4 members (excludes halogenated alkanes) is 1. The van der Waals surface area contributed by atoms with E-state index < -0.39 is 29.2 Å². The summed E-state index contributed by atoms with van der Waals surface area (Å²) in [6.07, 6.45) is 1.60. The van der Waals surface area contributed by atoms with Gasteiger partial charge >= 0.3 is 5.97 Å². The summed E-state index contributed by atoms with van der Waals surface area (Å²) in [4.78, 5) is 12.0. The van der Waals surface area contributed by atoms with Gasteiger partial charge in [-0.2, -0.15) is 4.39 Å². The number of carbonyl (C=O) groups excluding carboxylic acids is 1. The van der Waals surface area contributed by atoms with Gasteiger partial charge in [-0.3, -0.25) is 0 Å². The van der Waals surface area contributed by atoms with Crippen LogP contribution in [0.4, 0.5) is 17.6 Å². The van der Waals surface area contributed by atoms with Gasteiger partial charge in [0.1, 0.15) is 5.75 Å². The minimum atomic E-state index is -1.16. The van der Waals surface area contributed by atoms with E-state index in [1.54, 1.807) is 0 Å². The maximum Gasteiger partial charge on any atom is 0.343 e. The maximum absolute atomic E-state index is 14.2. The lowest BCUT2D eigenvalue weighted by Gasteiger charge is -2.07. The van der Waals surface area contributed by atoms with Gasteiger partial charge in [-0.25, -0.2) is 18.0 Å². The molecule has 0 fully saturated rings. The largest absolute Gasteiger partial charge is 0.490 e. The molecule has 164 valence electrons. The van der Waals surface area contributed by atoms with Gasteiger partial charge in [-0.1, -0.05) is 25.2 Å². The van der Waals surface area contributed by atoms with E-state index in [1.807, 2.05) is 6.92 Å². The molecule has 0 aliphatic heterocycles. The van der Waals surface area contributed by atoms with Crippen molar-refractivity contribution >= 4 is 5.97 Å². The second-order valence-corrected chi connectivity index (χ2v) is 6.73. The Morgan fingerprint density at radius 1 is 0.875 bits per heavy atom. The normalized spacial score (nSPS) is 10.3. The van der Waals surface area contributed by atoms with E-state index in [9.17, 15) is 22.4 Å². The van der Waals surface area contributed by atoms with Crippen LogP contribution in [0, 0.1) is 35.1 Å². The van der Waals surface area contributed by atoms with Gasteiger partial charge in [0.25, 0.3) is 0 Å². The van der Waals surface area contributed by atoms with Gasteiger partial charge in [0.15, 0.2) is 23.2 Å². The van der Waals surface area contributed by atoms with E-state index in [0.29, 0.717) is 12.2 Å². The Morgan fingerprint density at radius 3 is 2.31 bits per heavy atom. The number of hydrogen-bond acceptors (Lipinski definition) is 3. The highest BCUT2D eigenvalue weighted by molar-refractivity contribution is 5.91. The second kappa shape index (κ2) is 10.5. The zero-order valence-corrected chi connectivity index (χ0v) is 17.1. The van der Waals surface area contributed by atoms with Crippen LogP contribution < -0.4 is 9.47 Å². The summed E-state index contributed by atoms with van der Waals surface area (Å²) < 4.78 is 64.9. The number of benzene rings is 3. The first-order valence-electron chi connectivity index (χ1n) is 9.79. The molecule has 0 saturated heterocycles. The van der Waals surface area contributed by atoms with Gasteiger partial charge in [0.2, 0.25) is 5.82 Å². The number of halogens is 4. The molecule has 0 bridgehead atoms. The maximum atomic E-state index is 14.2. The third-order valence-corrected chi connectivity index (χ3v) is 4.36. The van der Waals surface area contributed by atoms with Crippen LogP contribution in [0.5, 0.6) is 11.5 Å². The van der Waals surface area contributed by atoms with Crippen molar-refractivity contribution in [2.75, 3.05) is 6.61 Å². The molecule has 3 rings (SSSR count). The van der Waals surface area contributed by atoms with Gasteiger partial charge in [-0.15, -0.1) is 0 Å². The Labute approximate surface area is 182 Å². The fourth-order valence-corrected chi connectivity index (χ4v) is 2.60. The third kappa shape index (κ3) is 5.67. The summed E-state index contributed by atoms with van der Waals surface area (Å²) in [6, 6.07) is 11.2. The zero-order valence-electron chi connectivity index (χ0n) is 17.1. The molecule has 32 heavy (non-hydrogen) atoms. The Balaban J connectivity index is 1.68. The molecular weight excluding hydrogens is 424 g/mol. The standard InChI is InChI=1S/C25H18F4O3/c1-2-3-14-31-22-13-9-17(23(28)24(22)29)7-4-16-5-10-19(11-6-16)32-25(30)18-8-12-20(26)21(27)15-18/h5-6,8-13,15H,2-3,14H2,1H3. The molecule has 0 radical (unpaired) electrons. The van der Waals surface area contributed by atoms with Crippen LogP contribution in [-0.4, -0.2) is 12.6 Å². The lowest BCUT2D eigenvalue weighted by Crippen LogP contribution is -2.09. The lowest BCUT2D eigenvalue weighted by molar-refractivity contribution is 0.0734. The van der Waals surface area contributed by atoms with Crippen LogP contribution in [-0.2, 0) is 0 Å². The van der Waals surface area contributed by atoms with Crippen LogP contribution >= 0.6 is 0 Å². The van der Waals surface area contributed by atoms with Crippen LogP contribution in [0.25, 0.3) is 0 Å². The molecule has 0 amide bonds.